The predicted molar refractivity (Wildman–Crippen MR) is 108 cm³/mol. The summed E-state index contributed by atoms with van der Waals surface area (Å²) in [6.45, 7) is 4.83. The standard InChI is InChI=1S/C23H28N2O3/c1-15-10-11-20-18(13-15)22(17-8-3-4-9-19(17)24-20)23(27)28-14-21(26)25-12-6-5-7-16(25)2/h3-4,8-9,15-16H,5-7,10-14H2,1-2H3/t15-,16+/m1/s1. The van der Waals surface area contributed by atoms with Crippen LogP contribution in [0.15, 0.2) is 24.3 Å². The van der Waals surface area contributed by atoms with Gasteiger partial charge in [-0.1, -0.05) is 25.1 Å². The van der Waals surface area contributed by atoms with Gasteiger partial charge in [-0.05, 0) is 63.0 Å². The molecule has 2 aromatic rings. The molecule has 5 nitrogen and oxygen atoms in total. The van der Waals surface area contributed by atoms with E-state index in [0.29, 0.717) is 11.5 Å². The number of ether oxygens (including phenoxy) is 1. The Labute approximate surface area is 166 Å². The van der Waals surface area contributed by atoms with Gasteiger partial charge >= 0.3 is 5.97 Å². The van der Waals surface area contributed by atoms with E-state index in [1.54, 1.807) is 0 Å². The van der Waals surface area contributed by atoms with Gasteiger partial charge in [0.1, 0.15) is 0 Å². The van der Waals surface area contributed by atoms with E-state index in [1.165, 1.54) is 0 Å². The Bertz CT molecular complexity index is 908. The van der Waals surface area contributed by atoms with Crippen LogP contribution in [0.1, 0.15) is 61.1 Å². The van der Waals surface area contributed by atoms with Crippen LogP contribution in [0.25, 0.3) is 10.9 Å². The molecule has 0 N–H and O–H groups in total. The highest BCUT2D eigenvalue weighted by Crippen LogP contribution is 2.32. The van der Waals surface area contributed by atoms with Crippen LogP contribution in [0.3, 0.4) is 0 Å². The van der Waals surface area contributed by atoms with Gasteiger partial charge in [-0.3, -0.25) is 9.78 Å². The quantitative estimate of drug-likeness (QED) is 0.758. The van der Waals surface area contributed by atoms with Gasteiger partial charge in [-0.15, -0.1) is 0 Å². The number of fused-ring (bicyclic) bond motifs is 2. The van der Waals surface area contributed by atoms with Crippen molar-refractivity contribution in [3.63, 3.8) is 0 Å². The number of aryl methyl sites for hydroxylation is 1. The summed E-state index contributed by atoms with van der Waals surface area (Å²) < 4.78 is 5.54. The molecule has 1 saturated heterocycles. The molecular formula is C23H28N2O3. The maximum Gasteiger partial charge on any atom is 0.339 e. The van der Waals surface area contributed by atoms with Crippen LogP contribution in [0.4, 0.5) is 0 Å². The Morgan fingerprint density at radius 2 is 2.00 bits per heavy atom. The fourth-order valence-corrected chi connectivity index (χ4v) is 4.55. The van der Waals surface area contributed by atoms with Gasteiger partial charge in [-0.2, -0.15) is 0 Å². The summed E-state index contributed by atoms with van der Waals surface area (Å²) in [5.41, 5.74) is 3.42. The Balaban J connectivity index is 1.60. The molecule has 0 radical (unpaired) electrons. The second kappa shape index (κ2) is 7.90. The van der Waals surface area contributed by atoms with Gasteiger partial charge in [0.2, 0.25) is 0 Å². The molecule has 148 valence electrons. The van der Waals surface area contributed by atoms with Crippen molar-refractivity contribution in [1.29, 1.82) is 0 Å². The smallest absolute Gasteiger partial charge is 0.339 e. The number of hydrogen-bond acceptors (Lipinski definition) is 4. The van der Waals surface area contributed by atoms with Crippen molar-refractivity contribution >= 4 is 22.8 Å². The number of carbonyl (C=O) groups is 2. The molecule has 0 unspecified atom stereocenters. The third-order valence-corrected chi connectivity index (χ3v) is 6.16. The van der Waals surface area contributed by atoms with Crippen LogP contribution in [0.5, 0.6) is 0 Å². The van der Waals surface area contributed by atoms with Crippen molar-refractivity contribution in [1.82, 2.24) is 9.88 Å². The number of esters is 1. The maximum absolute atomic E-state index is 13.1. The molecule has 0 saturated carbocycles. The van der Waals surface area contributed by atoms with Crippen LogP contribution in [-0.4, -0.2) is 41.0 Å². The molecule has 2 atom stereocenters. The summed E-state index contributed by atoms with van der Waals surface area (Å²) in [5.74, 6) is 0.0148. The molecule has 5 heteroatoms. The third kappa shape index (κ3) is 3.62. The number of hydrogen-bond donors (Lipinski definition) is 0. The number of nitrogens with zero attached hydrogens (tertiary/aromatic N) is 2. The lowest BCUT2D eigenvalue weighted by atomic mass is 9.84. The van der Waals surface area contributed by atoms with E-state index in [2.05, 4.69) is 13.8 Å². The largest absolute Gasteiger partial charge is 0.452 e. The maximum atomic E-state index is 13.1. The Kier molecular flexibility index (Phi) is 5.33. The first kappa shape index (κ1) is 18.9. The number of rotatable bonds is 3. The number of benzene rings is 1. The van der Waals surface area contributed by atoms with Crippen molar-refractivity contribution in [2.45, 2.75) is 58.4 Å². The number of amides is 1. The number of likely N-dealkylation sites (tertiary alicyclic amines) is 1. The number of carbonyl (C=O) groups excluding carboxylic acids is 2. The van der Waals surface area contributed by atoms with Crippen molar-refractivity contribution < 1.29 is 14.3 Å². The lowest BCUT2D eigenvalue weighted by Gasteiger charge is -2.33. The van der Waals surface area contributed by atoms with Gasteiger partial charge in [-0.25, -0.2) is 4.79 Å². The van der Waals surface area contributed by atoms with E-state index in [1.807, 2.05) is 29.2 Å². The van der Waals surface area contributed by atoms with Crippen molar-refractivity contribution in [2.75, 3.05) is 13.2 Å². The topological polar surface area (TPSA) is 59.5 Å². The summed E-state index contributed by atoms with van der Waals surface area (Å²) in [7, 11) is 0. The first-order valence-corrected chi connectivity index (χ1v) is 10.4. The van der Waals surface area contributed by atoms with Gasteiger partial charge in [0.25, 0.3) is 5.91 Å². The highest BCUT2D eigenvalue weighted by atomic mass is 16.5. The lowest BCUT2D eigenvalue weighted by Crippen LogP contribution is -2.44. The molecule has 28 heavy (non-hydrogen) atoms. The van der Waals surface area contributed by atoms with Crippen LogP contribution >= 0.6 is 0 Å². The highest BCUT2D eigenvalue weighted by Gasteiger charge is 2.28. The second-order valence-corrected chi connectivity index (χ2v) is 8.29. The molecule has 1 aromatic heterocycles. The van der Waals surface area contributed by atoms with Crippen LogP contribution in [0, 0.1) is 5.92 Å². The minimum atomic E-state index is -0.401. The molecule has 4 rings (SSSR count). The van der Waals surface area contributed by atoms with Gasteiger partial charge in [0.05, 0.1) is 11.1 Å². The van der Waals surface area contributed by atoms with Crippen molar-refractivity contribution in [2.24, 2.45) is 5.92 Å². The first-order chi connectivity index (χ1) is 13.5. The molecule has 0 bridgehead atoms. The molecular weight excluding hydrogens is 352 g/mol. The molecule has 1 amide bonds. The zero-order valence-electron chi connectivity index (χ0n) is 16.7. The zero-order valence-corrected chi connectivity index (χ0v) is 16.7. The van der Waals surface area contributed by atoms with Crippen LogP contribution in [0.2, 0.25) is 0 Å². The van der Waals surface area contributed by atoms with Gasteiger partial charge in [0, 0.05) is 23.7 Å². The minimum Gasteiger partial charge on any atom is -0.452 e. The molecule has 0 spiro atoms. The fraction of sp³-hybridized carbons (Fsp3) is 0.522. The SMILES string of the molecule is C[C@@H]1CCc2nc3ccccc3c(C(=O)OCC(=O)N3CCCC[C@@H]3C)c2C1. The van der Waals surface area contributed by atoms with E-state index >= 15 is 0 Å². The molecule has 1 fully saturated rings. The number of piperidine rings is 1. The second-order valence-electron chi connectivity index (χ2n) is 8.29. The average Bonchev–Trinajstić information content (AvgIpc) is 2.70. The first-order valence-electron chi connectivity index (χ1n) is 10.4. The Morgan fingerprint density at radius 1 is 1.18 bits per heavy atom. The monoisotopic (exact) mass is 380 g/mol. The zero-order chi connectivity index (χ0) is 19.7. The Hall–Kier alpha value is -2.43. The Morgan fingerprint density at radius 3 is 2.82 bits per heavy atom. The van der Waals surface area contributed by atoms with Crippen molar-refractivity contribution in [3.8, 4) is 0 Å². The molecule has 2 heterocycles. The van der Waals surface area contributed by atoms with Crippen LogP contribution < -0.4 is 0 Å². The van der Waals surface area contributed by atoms with E-state index in [9.17, 15) is 9.59 Å². The fourth-order valence-electron chi connectivity index (χ4n) is 4.55. The summed E-state index contributed by atoms with van der Waals surface area (Å²) in [6.07, 6.45) is 5.97. The molecule has 1 aliphatic heterocycles. The molecule has 1 aliphatic carbocycles. The number of pyridine rings is 1. The summed E-state index contributed by atoms with van der Waals surface area (Å²) in [4.78, 5) is 32.3. The minimum absolute atomic E-state index is 0.0962. The summed E-state index contributed by atoms with van der Waals surface area (Å²) in [6, 6.07) is 7.93. The van der Waals surface area contributed by atoms with Gasteiger partial charge in [0.15, 0.2) is 6.61 Å². The average molecular weight is 380 g/mol. The molecule has 1 aromatic carbocycles. The number of aromatic nitrogens is 1. The van der Waals surface area contributed by atoms with Crippen molar-refractivity contribution in [3.05, 3.63) is 41.1 Å². The summed E-state index contributed by atoms with van der Waals surface area (Å²) >= 11 is 0. The van der Waals surface area contributed by atoms with Crippen LogP contribution in [-0.2, 0) is 22.4 Å². The lowest BCUT2D eigenvalue weighted by molar-refractivity contribution is -0.137. The summed E-state index contributed by atoms with van der Waals surface area (Å²) in [5, 5.41) is 0.819. The van der Waals surface area contributed by atoms with E-state index < -0.39 is 5.97 Å². The number of para-hydroxylation sites is 1. The molecule has 2 aliphatic rings. The van der Waals surface area contributed by atoms with E-state index in [0.717, 1.165) is 67.2 Å². The predicted octanol–water partition coefficient (Wildman–Crippen LogP) is 3.92. The third-order valence-electron chi connectivity index (χ3n) is 6.16. The highest BCUT2D eigenvalue weighted by molar-refractivity contribution is 6.05. The van der Waals surface area contributed by atoms with E-state index in [4.69, 9.17) is 9.72 Å². The normalized spacial score (nSPS) is 22.0. The van der Waals surface area contributed by atoms with Gasteiger partial charge < -0.3 is 9.64 Å². The van der Waals surface area contributed by atoms with E-state index in [-0.39, 0.29) is 18.6 Å².